The molecule has 0 radical (unpaired) electrons. The number of anilines is 2. The van der Waals surface area contributed by atoms with Gasteiger partial charge in [-0.2, -0.15) is 26.7 Å². The van der Waals surface area contributed by atoms with Crippen LogP contribution in [0.1, 0.15) is 5.82 Å². The van der Waals surface area contributed by atoms with Crippen LogP contribution >= 0.6 is 35.0 Å². The molecular weight excluding hydrogens is 333 g/mol. The van der Waals surface area contributed by atoms with Gasteiger partial charge in [0.1, 0.15) is 5.82 Å². The summed E-state index contributed by atoms with van der Waals surface area (Å²) in [6.07, 6.45) is 0. The third-order valence-corrected chi connectivity index (χ3v) is 3.85. The van der Waals surface area contributed by atoms with E-state index in [1.807, 2.05) is 0 Å². The average molecular weight is 346 g/mol. The topological polar surface area (TPSA) is 99.9 Å². The first-order valence-electron chi connectivity index (χ1n) is 5.96. The largest absolute Gasteiger partial charge is 0.490 e. The summed E-state index contributed by atoms with van der Waals surface area (Å²) in [5.41, 5.74) is 11.0. The fraction of sp³-hybridized carbons (Fsp3) is 0.250. The SMILES string of the molecule is Nc1nc(N)nc(CSCCOc2c(Cl)cccc2Cl)n1. The first-order valence-corrected chi connectivity index (χ1v) is 7.88. The number of thioether (sulfide) groups is 1. The summed E-state index contributed by atoms with van der Waals surface area (Å²) >= 11 is 13.6. The fourth-order valence-electron chi connectivity index (χ4n) is 1.51. The van der Waals surface area contributed by atoms with Crippen LogP contribution in [-0.4, -0.2) is 27.3 Å². The highest BCUT2D eigenvalue weighted by Crippen LogP contribution is 2.32. The van der Waals surface area contributed by atoms with Crippen molar-refractivity contribution in [2.24, 2.45) is 0 Å². The maximum atomic E-state index is 6.00. The zero-order valence-electron chi connectivity index (χ0n) is 10.9. The molecule has 0 bridgehead atoms. The molecule has 1 aromatic carbocycles. The van der Waals surface area contributed by atoms with Crippen molar-refractivity contribution in [3.8, 4) is 5.75 Å². The van der Waals surface area contributed by atoms with Gasteiger partial charge in [-0.15, -0.1) is 0 Å². The average Bonchev–Trinajstić information content (AvgIpc) is 2.40. The lowest BCUT2D eigenvalue weighted by Crippen LogP contribution is -2.07. The van der Waals surface area contributed by atoms with E-state index in [0.29, 0.717) is 39.7 Å². The third-order valence-electron chi connectivity index (χ3n) is 2.34. The van der Waals surface area contributed by atoms with Crippen molar-refractivity contribution in [2.75, 3.05) is 23.8 Å². The van der Waals surface area contributed by atoms with Gasteiger partial charge in [-0.3, -0.25) is 0 Å². The van der Waals surface area contributed by atoms with Crippen LogP contribution in [0.15, 0.2) is 18.2 Å². The van der Waals surface area contributed by atoms with Gasteiger partial charge in [-0.25, -0.2) is 0 Å². The molecule has 0 amide bonds. The summed E-state index contributed by atoms with van der Waals surface area (Å²) in [5.74, 6) is 2.56. The minimum atomic E-state index is 0.122. The highest BCUT2D eigenvalue weighted by molar-refractivity contribution is 7.98. The van der Waals surface area contributed by atoms with Gasteiger partial charge < -0.3 is 16.2 Å². The molecule has 0 aliphatic heterocycles. The van der Waals surface area contributed by atoms with Crippen LogP contribution in [0.4, 0.5) is 11.9 Å². The van der Waals surface area contributed by atoms with E-state index in [2.05, 4.69) is 15.0 Å². The molecule has 0 fully saturated rings. The number of hydrogen-bond donors (Lipinski definition) is 2. The number of aromatic nitrogens is 3. The zero-order valence-corrected chi connectivity index (χ0v) is 13.3. The van der Waals surface area contributed by atoms with E-state index in [-0.39, 0.29) is 11.9 Å². The van der Waals surface area contributed by atoms with Crippen molar-refractivity contribution in [3.63, 3.8) is 0 Å². The summed E-state index contributed by atoms with van der Waals surface area (Å²) in [6, 6.07) is 5.22. The Hall–Kier alpha value is -1.44. The number of nitrogen functional groups attached to an aromatic ring is 2. The van der Waals surface area contributed by atoms with Gasteiger partial charge in [0.05, 0.1) is 22.4 Å². The van der Waals surface area contributed by atoms with Gasteiger partial charge in [0, 0.05) is 5.75 Å². The lowest BCUT2D eigenvalue weighted by Gasteiger charge is -2.09. The number of nitrogens with two attached hydrogens (primary N) is 2. The molecule has 0 aliphatic rings. The highest BCUT2D eigenvalue weighted by atomic mass is 35.5. The minimum absolute atomic E-state index is 0.122. The van der Waals surface area contributed by atoms with E-state index in [1.165, 1.54) is 0 Å². The molecule has 1 heterocycles. The monoisotopic (exact) mass is 345 g/mol. The Morgan fingerprint density at radius 3 is 2.29 bits per heavy atom. The smallest absolute Gasteiger partial charge is 0.225 e. The second kappa shape index (κ2) is 7.53. The second-order valence-corrected chi connectivity index (χ2v) is 5.84. The van der Waals surface area contributed by atoms with Gasteiger partial charge in [0.2, 0.25) is 11.9 Å². The summed E-state index contributed by atoms with van der Waals surface area (Å²) in [6.45, 7) is 0.462. The van der Waals surface area contributed by atoms with Crippen molar-refractivity contribution in [2.45, 2.75) is 5.75 Å². The van der Waals surface area contributed by atoms with E-state index in [9.17, 15) is 0 Å². The van der Waals surface area contributed by atoms with Crippen molar-refractivity contribution >= 4 is 46.9 Å². The van der Waals surface area contributed by atoms with Crippen LogP contribution < -0.4 is 16.2 Å². The summed E-state index contributed by atoms with van der Waals surface area (Å²) in [5, 5.41) is 0.982. The minimum Gasteiger partial charge on any atom is -0.490 e. The number of nitrogens with zero attached hydrogens (tertiary/aromatic N) is 3. The molecule has 2 aromatic rings. The summed E-state index contributed by atoms with van der Waals surface area (Å²) in [4.78, 5) is 11.7. The van der Waals surface area contributed by atoms with Crippen LogP contribution in [0, 0.1) is 0 Å². The molecule has 4 N–H and O–H groups in total. The number of halogens is 2. The molecule has 1 aromatic heterocycles. The molecule has 0 atom stereocenters. The normalized spacial score (nSPS) is 10.6. The number of hydrogen-bond acceptors (Lipinski definition) is 7. The Morgan fingerprint density at radius 1 is 1.05 bits per heavy atom. The first kappa shape index (κ1) is 15.9. The number of ether oxygens (including phenoxy) is 1. The second-order valence-electron chi connectivity index (χ2n) is 3.92. The zero-order chi connectivity index (χ0) is 15.2. The molecule has 6 nitrogen and oxygen atoms in total. The molecule has 0 unspecified atom stereocenters. The number of para-hydroxylation sites is 1. The molecular formula is C12H13Cl2N5OS. The summed E-state index contributed by atoms with van der Waals surface area (Å²) in [7, 11) is 0. The molecule has 9 heteroatoms. The molecule has 21 heavy (non-hydrogen) atoms. The third kappa shape index (κ3) is 4.80. The predicted molar refractivity (Wildman–Crippen MR) is 86.8 cm³/mol. The predicted octanol–water partition coefficient (Wildman–Crippen LogP) is 2.66. The van der Waals surface area contributed by atoms with E-state index in [4.69, 9.17) is 39.4 Å². The quantitative estimate of drug-likeness (QED) is 0.776. The van der Waals surface area contributed by atoms with Gasteiger partial charge in [0.25, 0.3) is 0 Å². The Bertz CT molecular complexity index is 588. The molecule has 112 valence electrons. The van der Waals surface area contributed by atoms with Gasteiger partial charge in [-0.05, 0) is 12.1 Å². The van der Waals surface area contributed by atoms with Gasteiger partial charge in [0.15, 0.2) is 5.75 Å². The Morgan fingerprint density at radius 2 is 1.67 bits per heavy atom. The number of rotatable bonds is 6. The molecule has 0 saturated heterocycles. The van der Waals surface area contributed by atoms with E-state index < -0.39 is 0 Å². The molecule has 0 aliphatic carbocycles. The van der Waals surface area contributed by atoms with E-state index in [1.54, 1.807) is 30.0 Å². The van der Waals surface area contributed by atoms with Gasteiger partial charge in [-0.1, -0.05) is 29.3 Å². The fourth-order valence-corrected chi connectivity index (χ4v) is 2.67. The lowest BCUT2D eigenvalue weighted by atomic mass is 10.3. The standard InChI is InChI=1S/C12H13Cl2N5OS/c13-7-2-1-3-8(14)10(7)20-4-5-21-6-9-17-11(15)19-12(16)18-9/h1-3H,4-6H2,(H4,15,16,17,18,19). The lowest BCUT2D eigenvalue weighted by molar-refractivity contribution is 0.344. The first-order chi connectivity index (χ1) is 10.1. The van der Waals surface area contributed by atoms with Crippen molar-refractivity contribution in [1.82, 2.24) is 15.0 Å². The van der Waals surface area contributed by atoms with Crippen LogP contribution in [0.2, 0.25) is 10.0 Å². The molecule has 0 saturated carbocycles. The van der Waals surface area contributed by atoms with Gasteiger partial charge >= 0.3 is 0 Å². The van der Waals surface area contributed by atoms with Crippen molar-refractivity contribution in [1.29, 1.82) is 0 Å². The molecule has 0 spiro atoms. The number of benzene rings is 1. The van der Waals surface area contributed by atoms with Crippen LogP contribution in [0.5, 0.6) is 5.75 Å². The highest BCUT2D eigenvalue weighted by Gasteiger charge is 2.06. The van der Waals surface area contributed by atoms with Crippen molar-refractivity contribution < 1.29 is 4.74 Å². The van der Waals surface area contributed by atoms with Crippen LogP contribution in [0.3, 0.4) is 0 Å². The van der Waals surface area contributed by atoms with E-state index in [0.717, 1.165) is 0 Å². The Kier molecular flexibility index (Phi) is 5.72. The van der Waals surface area contributed by atoms with E-state index >= 15 is 0 Å². The molecule has 2 rings (SSSR count). The maximum absolute atomic E-state index is 6.00. The maximum Gasteiger partial charge on any atom is 0.225 e. The van der Waals surface area contributed by atoms with Crippen LogP contribution in [0.25, 0.3) is 0 Å². The Balaban J connectivity index is 1.77. The van der Waals surface area contributed by atoms with Crippen molar-refractivity contribution in [3.05, 3.63) is 34.1 Å². The van der Waals surface area contributed by atoms with Crippen LogP contribution in [-0.2, 0) is 5.75 Å². The summed E-state index contributed by atoms with van der Waals surface area (Å²) < 4.78 is 5.57. The Labute approximate surface area is 136 Å².